The van der Waals surface area contributed by atoms with Crippen molar-refractivity contribution < 1.29 is 27.4 Å². The van der Waals surface area contributed by atoms with Crippen LogP contribution >= 0.6 is 0 Å². The van der Waals surface area contributed by atoms with Crippen molar-refractivity contribution in [3.8, 4) is 28.0 Å². The summed E-state index contributed by atoms with van der Waals surface area (Å²) in [7, 11) is 0. The van der Waals surface area contributed by atoms with E-state index in [9.17, 15) is 8.78 Å². The average Bonchev–Trinajstić information content (AvgIpc) is 3.01. The minimum absolute atomic E-state index is 0.0626. The van der Waals surface area contributed by atoms with Crippen LogP contribution in [-0.4, -0.2) is 26.1 Å². The molecule has 0 N–H and O–H groups in total. The van der Waals surface area contributed by atoms with Crippen molar-refractivity contribution in [1.29, 1.82) is 0 Å². The lowest BCUT2D eigenvalue weighted by Crippen LogP contribution is -2.31. The van der Waals surface area contributed by atoms with Gasteiger partial charge in [0.2, 0.25) is 5.82 Å². The van der Waals surface area contributed by atoms with E-state index in [1.807, 2.05) is 19.1 Å². The Bertz CT molecular complexity index is 1280. The fourth-order valence-corrected chi connectivity index (χ4v) is 5.28. The highest BCUT2D eigenvalue weighted by Crippen LogP contribution is 2.33. The van der Waals surface area contributed by atoms with Crippen molar-refractivity contribution in [2.45, 2.75) is 83.8 Å². The van der Waals surface area contributed by atoms with E-state index in [2.05, 4.69) is 13.0 Å². The molecule has 0 amide bonds. The molecular formula is C36H43F3O3. The Labute approximate surface area is 248 Å². The van der Waals surface area contributed by atoms with E-state index in [0.29, 0.717) is 36.5 Å². The van der Waals surface area contributed by atoms with Gasteiger partial charge in [0.1, 0.15) is 5.82 Å². The molecule has 0 spiro atoms. The van der Waals surface area contributed by atoms with Crippen molar-refractivity contribution in [3.05, 3.63) is 89.8 Å². The predicted molar refractivity (Wildman–Crippen MR) is 163 cm³/mol. The topological polar surface area (TPSA) is 27.7 Å². The number of hydrogen-bond acceptors (Lipinski definition) is 3. The number of allylic oxidation sites excluding steroid dienone is 2. The second-order valence-electron chi connectivity index (χ2n) is 11.0. The summed E-state index contributed by atoms with van der Waals surface area (Å²) in [5.74, 6) is -2.46. The Morgan fingerprint density at radius 2 is 1.45 bits per heavy atom. The van der Waals surface area contributed by atoms with Gasteiger partial charge < -0.3 is 14.2 Å². The van der Waals surface area contributed by atoms with Crippen LogP contribution in [0.25, 0.3) is 22.3 Å². The molecule has 0 bridgehead atoms. The van der Waals surface area contributed by atoms with Crippen LogP contribution in [-0.2, 0) is 9.47 Å². The van der Waals surface area contributed by atoms with Gasteiger partial charge in [-0.05, 0) is 60.2 Å². The Kier molecular flexibility index (Phi) is 12.5. The van der Waals surface area contributed by atoms with E-state index in [4.69, 9.17) is 14.2 Å². The lowest BCUT2D eigenvalue weighted by atomic mass is 9.95. The van der Waals surface area contributed by atoms with Gasteiger partial charge in [-0.25, -0.2) is 8.78 Å². The van der Waals surface area contributed by atoms with Crippen molar-refractivity contribution in [3.63, 3.8) is 0 Å². The third-order valence-corrected chi connectivity index (χ3v) is 7.79. The first-order chi connectivity index (χ1) is 20.5. The predicted octanol–water partition coefficient (Wildman–Crippen LogP) is 10.4. The minimum Gasteiger partial charge on any atom is -0.490 e. The zero-order valence-electron chi connectivity index (χ0n) is 24.8. The van der Waals surface area contributed by atoms with Gasteiger partial charge in [-0.3, -0.25) is 0 Å². The molecule has 0 atom stereocenters. The first-order valence-electron chi connectivity index (χ1n) is 15.4. The highest BCUT2D eigenvalue weighted by molar-refractivity contribution is 5.71. The second-order valence-corrected chi connectivity index (χ2v) is 11.0. The smallest absolute Gasteiger partial charge is 0.201 e. The van der Waals surface area contributed by atoms with Gasteiger partial charge in [0.15, 0.2) is 17.9 Å². The maximum Gasteiger partial charge on any atom is 0.201 e. The molecule has 1 heterocycles. The number of rotatable bonds is 15. The summed E-state index contributed by atoms with van der Waals surface area (Å²) in [5, 5.41) is 0. The molecule has 0 radical (unpaired) electrons. The summed E-state index contributed by atoms with van der Waals surface area (Å²) in [6, 6.07) is 15.2. The highest BCUT2D eigenvalue weighted by atomic mass is 19.2. The zero-order chi connectivity index (χ0) is 29.7. The van der Waals surface area contributed by atoms with Crippen LogP contribution in [0.3, 0.4) is 0 Å². The minimum atomic E-state index is -0.975. The van der Waals surface area contributed by atoms with E-state index in [-0.39, 0.29) is 29.3 Å². The summed E-state index contributed by atoms with van der Waals surface area (Å²) in [5.41, 5.74) is 2.73. The van der Waals surface area contributed by atoms with Crippen LogP contribution in [0.4, 0.5) is 13.2 Å². The SMILES string of the molecule is CC=CCCC1OCC(c2ccc(-c3ccc(-c4ccc(OCCCCCCCCC)c(F)c4F)cc3)cc2F)CO1. The van der Waals surface area contributed by atoms with Gasteiger partial charge in [-0.15, -0.1) is 0 Å². The molecule has 1 saturated heterocycles. The fraction of sp³-hybridized carbons (Fsp3) is 0.444. The molecule has 1 aliphatic rings. The highest BCUT2D eigenvalue weighted by Gasteiger charge is 2.25. The Morgan fingerprint density at radius 1 is 0.786 bits per heavy atom. The van der Waals surface area contributed by atoms with E-state index < -0.39 is 11.6 Å². The molecule has 3 aromatic rings. The third kappa shape index (κ3) is 8.71. The maximum absolute atomic E-state index is 15.1. The summed E-state index contributed by atoms with van der Waals surface area (Å²) < 4.78 is 62.0. The number of halogens is 3. The van der Waals surface area contributed by atoms with E-state index >= 15 is 4.39 Å². The fourth-order valence-electron chi connectivity index (χ4n) is 5.28. The van der Waals surface area contributed by atoms with E-state index in [1.165, 1.54) is 37.8 Å². The van der Waals surface area contributed by atoms with Gasteiger partial charge in [0, 0.05) is 17.9 Å². The molecule has 1 fully saturated rings. The molecule has 6 heteroatoms. The monoisotopic (exact) mass is 580 g/mol. The quantitative estimate of drug-likeness (QED) is 0.132. The second kappa shape index (κ2) is 16.5. The Balaban J connectivity index is 1.33. The van der Waals surface area contributed by atoms with Crippen LogP contribution < -0.4 is 4.74 Å². The molecule has 42 heavy (non-hydrogen) atoms. The number of benzene rings is 3. The van der Waals surface area contributed by atoms with Crippen LogP contribution in [0.2, 0.25) is 0 Å². The van der Waals surface area contributed by atoms with Crippen LogP contribution in [0.15, 0.2) is 66.7 Å². The normalized spacial score (nSPS) is 17.2. The Hall–Kier alpha value is -3.09. The third-order valence-electron chi connectivity index (χ3n) is 7.79. The van der Waals surface area contributed by atoms with Gasteiger partial charge in [0.05, 0.1) is 19.8 Å². The van der Waals surface area contributed by atoms with Crippen LogP contribution in [0.1, 0.15) is 83.1 Å². The molecule has 3 aromatic carbocycles. The van der Waals surface area contributed by atoms with Gasteiger partial charge in [0.25, 0.3) is 0 Å². The largest absolute Gasteiger partial charge is 0.490 e. The maximum atomic E-state index is 15.1. The van der Waals surface area contributed by atoms with E-state index in [0.717, 1.165) is 37.7 Å². The van der Waals surface area contributed by atoms with E-state index in [1.54, 1.807) is 36.4 Å². The summed E-state index contributed by atoms with van der Waals surface area (Å²) in [6.07, 6.45) is 13.4. The molecule has 226 valence electrons. The Morgan fingerprint density at radius 3 is 2.14 bits per heavy atom. The van der Waals surface area contributed by atoms with Gasteiger partial charge in [-0.2, -0.15) is 4.39 Å². The van der Waals surface area contributed by atoms with Crippen molar-refractivity contribution >= 4 is 0 Å². The lowest BCUT2D eigenvalue weighted by Gasteiger charge is -2.29. The molecule has 0 saturated carbocycles. The molecule has 4 rings (SSSR count). The first kappa shape index (κ1) is 31.8. The average molecular weight is 581 g/mol. The van der Waals surface area contributed by atoms with Gasteiger partial charge in [-0.1, -0.05) is 94.0 Å². The molecule has 3 nitrogen and oxygen atoms in total. The number of unbranched alkanes of at least 4 members (excludes halogenated alkanes) is 6. The van der Waals surface area contributed by atoms with Crippen LogP contribution in [0.5, 0.6) is 5.75 Å². The standard InChI is InChI=1S/C36H43F3O3/c1-3-5-7-8-9-10-12-22-40-33-21-20-31(35(38)36(33)39)27-16-14-26(15-17-27)28-18-19-30(32(37)23-28)29-24-41-34(42-25-29)13-11-6-4-2/h4,6,14-21,23,29,34H,3,5,7-13,22,24-25H2,1-2H3. The number of hydrogen-bond donors (Lipinski definition) is 0. The summed E-state index contributed by atoms with van der Waals surface area (Å²) in [6.45, 7) is 5.36. The number of ether oxygens (including phenoxy) is 3. The summed E-state index contributed by atoms with van der Waals surface area (Å²) in [4.78, 5) is 0. The molecule has 0 aromatic heterocycles. The zero-order valence-corrected chi connectivity index (χ0v) is 24.8. The first-order valence-corrected chi connectivity index (χ1v) is 15.4. The molecule has 0 aliphatic carbocycles. The molecule has 1 aliphatic heterocycles. The molecular weight excluding hydrogens is 537 g/mol. The van der Waals surface area contributed by atoms with Crippen LogP contribution in [0, 0.1) is 17.5 Å². The van der Waals surface area contributed by atoms with Crippen molar-refractivity contribution in [2.24, 2.45) is 0 Å². The molecule has 0 unspecified atom stereocenters. The van der Waals surface area contributed by atoms with Crippen molar-refractivity contribution in [1.82, 2.24) is 0 Å². The van der Waals surface area contributed by atoms with Crippen molar-refractivity contribution in [2.75, 3.05) is 19.8 Å². The van der Waals surface area contributed by atoms with Gasteiger partial charge >= 0.3 is 0 Å². The lowest BCUT2D eigenvalue weighted by molar-refractivity contribution is -0.189. The summed E-state index contributed by atoms with van der Waals surface area (Å²) >= 11 is 0.